The zero-order valence-corrected chi connectivity index (χ0v) is 20.0. The average molecular weight is 478 g/mol. The first kappa shape index (κ1) is 23.5. The van der Waals surface area contributed by atoms with Crippen LogP contribution in [0.4, 0.5) is 4.79 Å². The van der Waals surface area contributed by atoms with E-state index in [2.05, 4.69) is 17.6 Å². The Morgan fingerprint density at radius 1 is 1.00 bits per heavy atom. The van der Waals surface area contributed by atoms with E-state index in [0.717, 1.165) is 53.5 Å². The molecular formula is C26H27N3O4S. The molecule has 34 heavy (non-hydrogen) atoms. The van der Waals surface area contributed by atoms with Crippen molar-refractivity contribution in [3.05, 3.63) is 84.2 Å². The van der Waals surface area contributed by atoms with Gasteiger partial charge in [0.2, 0.25) is 10.0 Å². The highest BCUT2D eigenvalue weighted by atomic mass is 32.2. The molecule has 0 saturated heterocycles. The highest BCUT2D eigenvalue weighted by Crippen LogP contribution is 2.30. The summed E-state index contributed by atoms with van der Waals surface area (Å²) in [5.74, 6) is 1.36. The van der Waals surface area contributed by atoms with Gasteiger partial charge in [0.1, 0.15) is 11.6 Å². The topological polar surface area (TPSA) is 90.3 Å². The molecule has 0 fully saturated rings. The summed E-state index contributed by atoms with van der Waals surface area (Å²) in [5.41, 5.74) is 4.79. The van der Waals surface area contributed by atoms with E-state index in [0.29, 0.717) is 12.1 Å². The molecule has 0 bridgehead atoms. The molecule has 4 aromatic rings. The minimum absolute atomic E-state index is 0.277. The van der Waals surface area contributed by atoms with Crippen LogP contribution in [0, 0.1) is 0 Å². The van der Waals surface area contributed by atoms with E-state index < -0.39 is 16.1 Å². The van der Waals surface area contributed by atoms with Crippen molar-refractivity contribution in [2.45, 2.75) is 32.7 Å². The molecule has 8 heteroatoms. The number of hydrogen-bond donors (Lipinski definition) is 1. The van der Waals surface area contributed by atoms with Gasteiger partial charge in [0, 0.05) is 18.5 Å². The van der Waals surface area contributed by atoms with Crippen molar-refractivity contribution in [2.24, 2.45) is 0 Å². The summed E-state index contributed by atoms with van der Waals surface area (Å²) < 4.78 is 31.9. The number of carbonyl (C=O) groups is 1. The monoisotopic (exact) mass is 477 g/mol. The molecule has 7 nitrogen and oxygen atoms in total. The van der Waals surface area contributed by atoms with Gasteiger partial charge in [-0.1, -0.05) is 67.9 Å². The van der Waals surface area contributed by atoms with Crippen LogP contribution in [0.2, 0.25) is 0 Å². The fourth-order valence-electron chi connectivity index (χ4n) is 3.87. The molecule has 0 aliphatic rings. The number of hydrogen-bond acceptors (Lipinski definition) is 5. The van der Waals surface area contributed by atoms with E-state index in [-0.39, 0.29) is 5.75 Å². The summed E-state index contributed by atoms with van der Waals surface area (Å²) in [7, 11) is -3.71. The molecule has 0 saturated carbocycles. The van der Waals surface area contributed by atoms with Gasteiger partial charge in [-0.25, -0.2) is 22.9 Å². The molecule has 0 aliphatic heterocycles. The summed E-state index contributed by atoms with van der Waals surface area (Å²) in [6.07, 6.45) is 2.99. The summed E-state index contributed by atoms with van der Waals surface area (Å²) in [6, 6.07) is 23.2. The van der Waals surface area contributed by atoms with E-state index >= 15 is 0 Å². The quantitative estimate of drug-likeness (QED) is 0.379. The highest BCUT2D eigenvalue weighted by molar-refractivity contribution is 7.89. The van der Waals surface area contributed by atoms with Gasteiger partial charge in [0.05, 0.1) is 17.3 Å². The number of sulfonamides is 1. The van der Waals surface area contributed by atoms with Crippen LogP contribution in [0.3, 0.4) is 0 Å². The van der Waals surface area contributed by atoms with Crippen LogP contribution < -0.4 is 9.46 Å². The SMILES string of the molecule is CCCCc1nc2ccccc2n1Cc1ccc(-c2ccccc2OC(=O)NS(C)(=O)=O)cc1. The Balaban J connectivity index is 1.58. The maximum Gasteiger partial charge on any atom is 0.426 e. The lowest BCUT2D eigenvalue weighted by atomic mass is 10.0. The molecule has 1 aromatic heterocycles. The number of ether oxygens (including phenoxy) is 1. The smallest absolute Gasteiger partial charge is 0.409 e. The van der Waals surface area contributed by atoms with Crippen molar-refractivity contribution >= 4 is 27.1 Å². The second-order valence-electron chi connectivity index (χ2n) is 8.16. The Morgan fingerprint density at radius 2 is 1.71 bits per heavy atom. The van der Waals surface area contributed by atoms with Gasteiger partial charge in [-0.15, -0.1) is 0 Å². The summed E-state index contributed by atoms with van der Waals surface area (Å²) in [6.45, 7) is 2.88. The first-order valence-corrected chi connectivity index (χ1v) is 13.1. The fraction of sp³-hybridized carbons (Fsp3) is 0.231. The van der Waals surface area contributed by atoms with Crippen LogP contribution in [0.25, 0.3) is 22.2 Å². The van der Waals surface area contributed by atoms with Gasteiger partial charge in [0.15, 0.2) is 0 Å². The van der Waals surface area contributed by atoms with Gasteiger partial charge >= 0.3 is 6.09 Å². The molecule has 1 amide bonds. The van der Waals surface area contributed by atoms with Crippen molar-refractivity contribution in [1.29, 1.82) is 0 Å². The summed E-state index contributed by atoms with van der Waals surface area (Å²) in [4.78, 5) is 16.8. The second-order valence-corrected chi connectivity index (χ2v) is 9.91. The molecule has 3 aromatic carbocycles. The van der Waals surface area contributed by atoms with Crippen molar-refractivity contribution in [3.63, 3.8) is 0 Å². The highest BCUT2D eigenvalue weighted by Gasteiger charge is 2.15. The maximum atomic E-state index is 11.9. The van der Waals surface area contributed by atoms with Crippen LogP contribution in [0.5, 0.6) is 5.75 Å². The minimum atomic E-state index is -3.71. The molecule has 176 valence electrons. The van der Waals surface area contributed by atoms with Crippen molar-refractivity contribution in [3.8, 4) is 16.9 Å². The van der Waals surface area contributed by atoms with Crippen molar-refractivity contribution in [2.75, 3.05) is 6.26 Å². The predicted molar refractivity (Wildman–Crippen MR) is 133 cm³/mol. The number of carbonyl (C=O) groups excluding carboxylic acids is 1. The van der Waals surface area contributed by atoms with E-state index in [1.54, 1.807) is 12.1 Å². The Bertz CT molecular complexity index is 1410. The maximum absolute atomic E-state index is 11.9. The van der Waals surface area contributed by atoms with E-state index in [1.807, 2.05) is 59.3 Å². The number of imidazole rings is 1. The Morgan fingerprint density at radius 3 is 2.44 bits per heavy atom. The molecule has 0 radical (unpaired) electrons. The predicted octanol–water partition coefficient (Wildman–Crippen LogP) is 5.14. The molecule has 0 atom stereocenters. The zero-order valence-electron chi connectivity index (χ0n) is 19.2. The van der Waals surface area contributed by atoms with Gasteiger partial charge in [-0.3, -0.25) is 0 Å². The van der Waals surface area contributed by atoms with Gasteiger partial charge in [-0.2, -0.15) is 0 Å². The van der Waals surface area contributed by atoms with E-state index in [4.69, 9.17) is 9.72 Å². The number of amides is 1. The molecule has 4 rings (SSSR count). The third-order valence-electron chi connectivity index (χ3n) is 5.45. The number of fused-ring (bicyclic) bond motifs is 1. The number of unbranched alkanes of at least 4 members (excludes halogenated alkanes) is 1. The third-order valence-corrected chi connectivity index (χ3v) is 5.99. The number of benzene rings is 3. The normalized spacial score (nSPS) is 11.5. The molecule has 1 heterocycles. The van der Waals surface area contributed by atoms with Crippen LogP contribution in [-0.4, -0.2) is 30.3 Å². The second kappa shape index (κ2) is 10.1. The molecular weight excluding hydrogens is 450 g/mol. The lowest BCUT2D eigenvalue weighted by Crippen LogP contribution is -2.32. The average Bonchev–Trinajstić information content (AvgIpc) is 3.14. The van der Waals surface area contributed by atoms with Crippen molar-refractivity contribution in [1.82, 2.24) is 14.3 Å². The first-order chi connectivity index (χ1) is 16.3. The number of para-hydroxylation sites is 3. The Hall–Kier alpha value is -3.65. The molecule has 1 N–H and O–H groups in total. The zero-order chi connectivity index (χ0) is 24.1. The number of aryl methyl sites for hydroxylation is 1. The molecule has 0 spiro atoms. The number of aromatic nitrogens is 2. The standard InChI is InChI=1S/C26H27N3O4S/c1-3-4-13-25-27-22-10-6-7-11-23(22)29(25)18-19-14-16-20(17-15-19)21-9-5-8-12-24(21)33-26(30)28-34(2,31)32/h5-12,14-17H,3-4,13,18H2,1-2H3,(H,28,30). The van der Waals surface area contributed by atoms with E-state index in [1.165, 1.54) is 0 Å². The lowest BCUT2D eigenvalue weighted by molar-refractivity contribution is 0.207. The summed E-state index contributed by atoms with van der Waals surface area (Å²) in [5, 5.41) is 0. The fourth-order valence-corrected chi connectivity index (χ4v) is 4.21. The Labute approximate surface area is 199 Å². The molecule has 0 aliphatic carbocycles. The first-order valence-electron chi connectivity index (χ1n) is 11.2. The van der Waals surface area contributed by atoms with Crippen LogP contribution in [0.15, 0.2) is 72.8 Å². The van der Waals surface area contributed by atoms with Crippen molar-refractivity contribution < 1.29 is 17.9 Å². The van der Waals surface area contributed by atoms with Gasteiger partial charge < -0.3 is 9.30 Å². The molecule has 0 unspecified atom stereocenters. The largest absolute Gasteiger partial charge is 0.426 e. The van der Waals surface area contributed by atoms with Gasteiger partial charge in [0.25, 0.3) is 0 Å². The van der Waals surface area contributed by atoms with Crippen LogP contribution >= 0.6 is 0 Å². The van der Waals surface area contributed by atoms with Crippen LogP contribution in [0.1, 0.15) is 31.2 Å². The van der Waals surface area contributed by atoms with E-state index in [9.17, 15) is 13.2 Å². The summed E-state index contributed by atoms with van der Waals surface area (Å²) >= 11 is 0. The lowest BCUT2D eigenvalue weighted by Gasteiger charge is -2.12. The third kappa shape index (κ3) is 5.63. The Kier molecular flexibility index (Phi) is 6.98. The number of rotatable bonds is 8. The van der Waals surface area contributed by atoms with Gasteiger partial charge in [-0.05, 0) is 35.7 Å². The minimum Gasteiger partial charge on any atom is -0.409 e. The number of nitrogens with zero attached hydrogens (tertiary/aromatic N) is 2. The number of nitrogens with one attached hydrogen (secondary N) is 1. The van der Waals surface area contributed by atoms with Crippen LogP contribution in [-0.2, 0) is 23.0 Å².